The molecule has 0 unspecified atom stereocenters. The number of fused-ring (bicyclic) bond motifs is 2. The molecule has 0 aromatic heterocycles. The summed E-state index contributed by atoms with van der Waals surface area (Å²) in [7, 11) is 1.11. The van der Waals surface area contributed by atoms with Gasteiger partial charge in [0.25, 0.3) is 0 Å². The van der Waals surface area contributed by atoms with Gasteiger partial charge in [0.15, 0.2) is 17.7 Å². The minimum Gasteiger partial charge on any atom is -0.507 e. The number of methoxy groups -OCH3 is 1. The van der Waals surface area contributed by atoms with Crippen LogP contribution in [0.4, 0.5) is 0 Å². The Labute approximate surface area is 238 Å². The van der Waals surface area contributed by atoms with Crippen molar-refractivity contribution in [3.63, 3.8) is 0 Å². The van der Waals surface area contributed by atoms with Crippen LogP contribution in [0.15, 0.2) is 35.9 Å². The number of carbonyl (C=O) groups excluding carboxylic acids is 4. The zero-order valence-corrected chi connectivity index (χ0v) is 22.6. The largest absolute Gasteiger partial charge is 0.507 e. The predicted octanol–water partition coefficient (Wildman–Crippen LogP) is 2.77. The number of phenols is 2. The van der Waals surface area contributed by atoms with Crippen LogP contribution in [-0.2, 0) is 30.3 Å². The van der Waals surface area contributed by atoms with E-state index in [2.05, 4.69) is 0 Å². The number of hydrogen-bond donors (Lipinski definition) is 4. The normalized spacial score (nSPS) is 30.5. The number of aryl methyl sites for hydroxylation is 1. The number of aliphatic hydroxyl groups is 2. The number of rotatable bonds is 2. The Morgan fingerprint density at radius 1 is 1.05 bits per heavy atom. The lowest BCUT2D eigenvalue weighted by molar-refractivity contribution is -0.175. The molecule has 11 heteroatoms. The van der Waals surface area contributed by atoms with Gasteiger partial charge in [-0.25, -0.2) is 4.79 Å². The van der Waals surface area contributed by atoms with Gasteiger partial charge in [-0.2, -0.15) is 0 Å². The third kappa shape index (κ3) is 3.14. The maximum absolute atomic E-state index is 14.2. The summed E-state index contributed by atoms with van der Waals surface area (Å²) >= 11 is 0. The van der Waals surface area contributed by atoms with Crippen molar-refractivity contribution in [1.82, 2.24) is 0 Å². The Kier molecular flexibility index (Phi) is 5.28. The van der Waals surface area contributed by atoms with E-state index in [1.807, 2.05) is 0 Å². The molecule has 1 saturated heterocycles. The smallest absolute Gasteiger partial charge is 0.354 e. The van der Waals surface area contributed by atoms with Crippen LogP contribution in [-0.4, -0.2) is 62.7 Å². The number of phenolic OH excluding ortho intramolecular Hbond substituents is 2. The van der Waals surface area contributed by atoms with E-state index >= 15 is 0 Å². The van der Waals surface area contributed by atoms with E-state index in [4.69, 9.17) is 14.2 Å². The van der Waals surface area contributed by atoms with Crippen molar-refractivity contribution in [2.24, 2.45) is 5.41 Å². The van der Waals surface area contributed by atoms with Crippen molar-refractivity contribution in [2.45, 2.75) is 56.3 Å². The summed E-state index contributed by atoms with van der Waals surface area (Å²) in [5.41, 5.74) is -2.56. The maximum atomic E-state index is 14.2. The number of allylic oxidation sites excluding steroid dienone is 1. The van der Waals surface area contributed by atoms with Gasteiger partial charge in [-0.05, 0) is 48.6 Å². The van der Waals surface area contributed by atoms with Crippen LogP contribution in [0, 0.1) is 12.3 Å². The second-order valence-corrected chi connectivity index (χ2v) is 11.6. The molecule has 4 N–H and O–H groups in total. The molecular formula is C31H26O11. The zero-order valence-electron chi connectivity index (χ0n) is 22.6. The molecule has 216 valence electrons. The van der Waals surface area contributed by atoms with Crippen LogP contribution in [0.1, 0.15) is 69.5 Å². The molecule has 2 aromatic carbocycles. The third-order valence-corrected chi connectivity index (χ3v) is 9.23. The molecule has 42 heavy (non-hydrogen) atoms. The topological polar surface area (TPSA) is 177 Å². The van der Waals surface area contributed by atoms with Gasteiger partial charge in [0.05, 0.1) is 42.1 Å². The first-order chi connectivity index (χ1) is 19.9. The number of carbonyl (C=O) groups is 4. The average Bonchev–Trinajstić information content (AvgIpc) is 3.26. The lowest BCUT2D eigenvalue weighted by Gasteiger charge is -2.43. The Morgan fingerprint density at radius 2 is 1.79 bits per heavy atom. The summed E-state index contributed by atoms with van der Waals surface area (Å²) in [6.45, 7) is 1.72. The number of Topliss-reactive ketones (excluding diaryl/α,β-unsaturated/α-hetero) is 2. The van der Waals surface area contributed by atoms with Gasteiger partial charge in [0.2, 0.25) is 5.60 Å². The van der Waals surface area contributed by atoms with Gasteiger partial charge in [-0.1, -0.05) is 18.2 Å². The number of ketones is 2. The van der Waals surface area contributed by atoms with Gasteiger partial charge < -0.3 is 34.6 Å². The SMILES string of the molecule is COC(=O)[C@]1([C@@H]2CCC(=O)O2)CC(=O)c2c(O)cc3c(c2O1)[C@@H]1C=C[C@]2(C3)C(=C(O)c3c(O)cc(C)cc3[C@@H]2O)C1=O. The summed E-state index contributed by atoms with van der Waals surface area (Å²) in [6.07, 6.45) is 0.0434. The van der Waals surface area contributed by atoms with E-state index in [0.29, 0.717) is 11.1 Å². The molecule has 1 fully saturated rings. The van der Waals surface area contributed by atoms with Crippen LogP contribution in [0.5, 0.6) is 17.2 Å². The molecule has 2 bridgehead atoms. The lowest BCUT2D eigenvalue weighted by Crippen LogP contribution is -2.58. The monoisotopic (exact) mass is 574 g/mol. The molecule has 11 nitrogen and oxygen atoms in total. The summed E-state index contributed by atoms with van der Waals surface area (Å²) in [4.78, 5) is 53.1. The van der Waals surface area contributed by atoms with Crippen molar-refractivity contribution >= 4 is 29.3 Å². The number of hydrogen-bond acceptors (Lipinski definition) is 11. The van der Waals surface area contributed by atoms with Gasteiger partial charge in [0.1, 0.15) is 28.6 Å². The number of esters is 2. The molecular weight excluding hydrogens is 548 g/mol. The quantitative estimate of drug-likeness (QED) is 0.306. The van der Waals surface area contributed by atoms with Gasteiger partial charge >= 0.3 is 11.9 Å². The molecule has 5 atom stereocenters. The molecule has 2 aliphatic heterocycles. The van der Waals surface area contributed by atoms with Crippen molar-refractivity contribution in [3.05, 3.63) is 69.3 Å². The predicted molar refractivity (Wildman–Crippen MR) is 142 cm³/mol. The van der Waals surface area contributed by atoms with E-state index in [-0.39, 0.29) is 58.6 Å². The Balaban J connectivity index is 1.47. The number of ether oxygens (including phenoxy) is 3. The van der Waals surface area contributed by atoms with Crippen molar-refractivity contribution < 1.29 is 53.8 Å². The molecule has 1 spiro atoms. The van der Waals surface area contributed by atoms with Gasteiger partial charge in [-0.15, -0.1) is 0 Å². The molecule has 0 saturated carbocycles. The van der Waals surface area contributed by atoms with Crippen molar-refractivity contribution in [3.8, 4) is 17.2 Å². The van der Waals surface area contributed by atoms with E-state index in [9.17, 15) is 39.6 Å². The third-order valence-electron chi connectivity index (χ3n) is 9.23. The van der Waals surface area contributed by atoms with Crippen LogP contribution >= 0.6 is 0 Å². The lowest BCUT2D eigenvalue weighted by atomic mass is 9.61. The van der Waals surface area contributed by atoms with Gasteiger partial charge in [-0.3, -0.25) is 14.4 Å². The standard InChI is InChI=1S/C31H26O11/c1-12-7-15-22(16(32)8-12)26(37)24-25(36)14-5-6-30(24,28(15)38)10-13-9-17(33)23-18(34)11-31(29(39)40-2,42-27(23)21(13)14)19-3-4-20(35)41-19/h5-9,14,19,28,32-33,37-38H,3-4,10-11H2,1-2H3/t14-,19-,28-,30-,31+/m0/s1. The highest BCUT2D eigenvalue weighted by Crippen LogP contribution is 2.61. The van der Waals surface area contributed by atoms with E-state index in [1.54, 1.807) is 25.1 Å². The number of aromatic hydroxyl groups is 2. The van der Waals surface area contributed by atoms with E-state index in [0.717, 1.165) is 7.11 Å². The molecule has 0 radical (unpaired) electrons. The minimum atomic E-state index is -2.06. The van der Waals surface area contributed by atoms with Crippen LogP contribution in [0.25, 0.3) is 5.76 Å². The zero-order chi connectivity index (χ0) is 29.9. The second-order valence-electron chi connectivity index (χ2n) is 11.6. The molecule has 4 aliphatic carbocycles. The molecule has 2 heterocycles. The summed E-state index contributed by atoms with van der Waals surface area (Å²) in [5, 5.41) is 45.0. The first-order valence-corrected chi connectivity index (χ1v) is 13.5. The summed E-state index contributed by atoms with van der Waals surface area (Å²) < 4.78 is 16.7. The highest BCUT2D eigenvalue weighted by atomic mass is 16.6. The van der Waals surface area contributed by atoms with Crippen LogP contribution in [0.2, 0.25) is 0 Å². The average molecular weight is 575 g/mol. The van der Waals surface area contributed by atoms with Gasteiger partial charge in [0, 0.05) is 12.0 Å². The van der Waals surface area contributed by atoms with E-state index in [1.165, 1.54) is 12.1 Å². The fourth-order valence-corrected chi connectivity index (χ4v) is 7.42. The van der Waals surface area contributed by atoms with Crippen LogP contribution < -0.4 is 4.74 Å². The summed E-state index contributed by atoms with van der Waals surface area (Å²) in [6, 6.07) is 4.37. The molecule has 8 rings (SSSR count). The van der Waals surface area contributed by atoms with E-state index < -0.39 is 70.6 Å². The number of cyclic esters (lactones) is 1. The van der Waals surface area contributed by atoms with Crippen molar-refractivity contribution in [2.75, 3.05) is 7.11 Å². The summed E-state index contributed by atoms with van der Waals surface area (Å²) in [5.74, 6) is -5.40. The van der Waals surface area contributed by atoms with Crippen molar-refractivity contribution in [1.29, 1.82) is 0 Å². The Bertz CT molecular complexity index is 1730. The molecule has 0 amide bonds. The Morgan fingerprint density at radius 3 is 2.48 bits per heavy atom. The minimum absolute atomic E-state index is 0.00344. The van der Waals surface area contributed by atoms with Crippen LogP contribution in [0.3, 0.4) is 0 Å². The first kappa shape index (κ1) is 26.3. The fraction of sp³-hybridized carbons (Fsp3) is 0.355. The molecule has 6 aliphatic rings. The molecule has 2 aromatic rings. The first-order valence-electron chi connectivity index (χ1n) is 13.5. The number of benzene rings is 2. The highest BCUT2D eigenvalue weighted by Gasteiger charge is 2.61. The highest BCUT2D eigenvalue weighted by molar-refractivity contribution is 6.13. The maximum Gasteiger partial charge on any atom is 0.354 e. The fourth-order valence-electron chi connectivity index (χ4n) is 7.42. The second kappa shape index (κ2) is 8.45. The Hall–Kier alpha value is -4.64. The number of aliphatic hydroxyl groups excluding tert-OH is 2.